The Labute approximate surface area is 71.7 Å². The van der Waals surface area contributed by atoms with E-state index in [1.807, 2.05) is 6.92 Å². The van der Waals surface area contributed by atoms with Crippen molar-refractivity contribution in [1.82, 2.24) is 9.97 Å². The SMILES string of the molecule is C[C@@H](CCO)Nc1ncccn1. The topological polar surface area (TPSA) is 58.0 Å². The molecule has 4 nitrogen and oxygen atoms in total. The van der Waals surface area contributed by atoms with Crippen molar-refractivity contribution in [2.24, 2.45) is 0 Å². The Morgan fingerprint density at radius 3 is 2.75 bits per heavy atom. The second-order valence-corrected chi connectivity index (χ2v) is 2.63. The zero-order chi connectivity index (χ0) is 8.81. The molecular formula is C8H13N3O. The van der Waals surface area contributed by atoms with E-state index in [0.29, 0.717) is 12.4 Å². The number of hydrogen-bond donors (Lipinski definition) is 2. The van der Waals surface area contributed by atoms with Crippen molar-refractivity contribution in [2.45, 2.75) is 19.4 Å². The summed E-state index contributed by atoms with van der Waals surface area (Å²) in [6, 6.07) is 1.97. The molecule has 1 aromatic heterocycles. The van der Waals surface area contributed by atoms with Crippen molar-refractivity contribution in [3.05, 3.63) is 18.5 Å². The minimum atomic E-state index is 0.182. The molecule has 2 N–H and O–H groups in total. The van der Waals surface area contributed by atoms with Gasteiger partial charge in [-0.15, -0.1) is 0 Å². The van der Waals surface area contributed by atoms with Gasteiger partial charge >= 0.3 is 0 Å². The maximum atomic E-state index is 8.63. The fourth-order valence-corrected chi connectivity index (χ4v) is 0.860. The molecule has 1 rings (SSSR count). The molecular weight excluding hydrogens is 154 g/mol. The lowest BCUT2D eigenvalue weighted by atomic mass is 10.2. The first-order valence-corrected chi connectivity index (χ1v) is 3.97. The molecule has 1 heterocycles. The maximum Gasteiger partial charge on any atom is 0.222 e. The first kappa shape index (κ1) is 8.93. The predicted molar refractivity (Wildman–Crippen MR) is 46.8 cm³/mol. The smallest absolute Gasteiger partial charge is 0.222 e. The van der Waals surface area contributed by atoms with E-state index in [-0.39, 0.29) is 12.6 Å². The Morgan fingerprint density at radius 1 is 1.50 bits per heavy atom. The van der Waals surface area contributed by atoms with Gasteiger partial charge < -0.3 is 10.4 Å². The summed E-state index contributed by atoms with van der Waals surface area (Å²) < 4.78 is 0. The lowest BCUT2D eigenvalue weighted by molar-refractivity contribution is 0.282. The Morgan fingerprint density at radius 2 is 2.17 bits per heavy atom. The third kappa shape index (κ3) is 2.84. The lowest BCUT2D eigenvalue weighted by Gasteiger charge is -2.10. The molecule has 0 aliphatic rings. The van der Waals surface area contributed by atoms with Gasteiger partial charge in [0.1, 0.15) is 0 Å². The molecule has 0 unspecified atom stereocenters. The van der Waals surface area contributed by atoms with Gasteiger partial charge in [-0.3, -0.25) is 0 Å². The maximum absolute atomic E-state index is 8.63. The van der Waals surface area contributed by atoms with Crippen LogP contribution in [0.3, 0.4) is 0 Å². The van der Waals surface area contributed by atoms with E-state index in [1.54, 1.807) is 18.5 Å². The number of aliphatic hydroxyl groups excluding tert-OH is 1. The Kier molecular flexibility index (Phi) is 3.47. The molecule has 1 aromatic rings. The van der Waals surface area contributed by atoms with Crippen molar-refractivity contribution in [3.8, 4) is 0 Å². The van der Waals surface area contributed by atoms with Crippen molar-refractivity contribution in [3.63, 3.8) is 0 Å². The van der Waals surface area contributed by atoms with Gasteiger partial charge in [0.05, 0.1) is 0 Å². The summed E-state index contributed by atoms with van der Waals surface area (Å²) in [4.78, 5) is 7.99. The molecule has 0 amide bonds. The molecule has 0 spiro atoms. The van der Waals surface area contributed by atoms with Gasteiger partial charge in [0, 0.05) is 25.0 Å². The zero-order valence-corrected chi connectivity index (χ0v) is 7.07. The number of rotatable bonds is 4. The lowest BCUT2D eigenvalue weighted by Crippen LogP contribution is -2.17. The van der Waals surface area contributed by atoms with Crippen LogP contribution in [0.15, 0.2) is 18.5 Å². The molecule has 0 fully saturated rings. The van der Waals surface area contributed by atoms with Gasteiger partial charge in [0.2, 0.25) is 5.95 Å². The number of anilines is 1. The van der Waals surface area contributed by atoms with Gasteiger partial charge in [0.25, 0.3) is 0 Å². The number of nitrogens with one attached hydrogen (secondary N) is 1. The van der Waals surface area contributed by atoms with E-state index < -0.39 is 0 Å². The Balaban J connectivity index is 2.41. The average Bonchev–Trinajstić information content (AvgIpc) is 2.06. The highest BCUT2D eigenvalue weighted by Gasteiger charge is 2.00. The first-order valence-electron chi connectivity index (χ1n) is 3.97. The summed E-state index contributed by atoms with van der Waals surface area (Å²) in [7, 11) is 0. The minimum absolute atomic E-state index is 0.182. The van der Waals surface area contributed by atoms with Gasteiger partial charge in [0.15, 0.2) is 0 Å². The Hall–Kier alpha value is -1.16. The van der Waals surface area contributed by atoms with E-state index in [4.69, 9.17) is 5.11 Å². The summed E-state index contributed by atoms with van der Waals surface area (Å²) in [5, 5.41) is 11.7. The summed E-state index contributed by atoms with van der Waals surface area (Å²) in [6.45, 7) is 2.16. The predicted octanol–water partition coefficient (Wildman–Crippen LogP) is 0.659. The quantitative estimate of drug-likeness (QED) is 0.691. The van der Waals surface area contributed by atoms with Gasteiger partial charge in [-0.1, -0.05) is 0 Å². The molecule has 0 saturated carbocycles. The number of aliphatic hydroxyl groups is 1. The molecule has 0 aliphatic carbocycles. The molecule has 0 saturated heterocycles. The molecule has 1 atom stereocenters. The second-order valence-electron chi connectivity index (χ2n) is 2.63. The monoisotopic (exact) mass is 167 g/mol. The fraction of sp³-hybridized carbons (Fsp3) is 0.500. The van der Waals surface area contributed by atoms with Crippen LogP contribution in [0.2, 0.25) is 0 Å². The largest absolute Gasteiger partial charge is 0.396 e. The van der Waals surface area contributed by atoms with Crippen LogP contribution < -0.4 is 5.32 Å². The molecule has 0 aromatic carbocycles. The number of aromatic nitrogens is 2. The highest BCUT2D eigenvalue weighted by Crippen LogP contribution is 1.99. The molecule has 0 bridgehead atoms. The second kappa shape index (κ2) is 4.66. The summed E-state index contributed by atoms with van der Waals surface area (Å²) in [5.41, 5.74) is 0. The molecule has 0 radical (unpaired) electrons. The van der Waals surface area contributed by atoms with Crippen LogP contribution >= 0.6 is 0 Å². The van der Waals surface area contributed by atoms with Crippen LogP contribution in [0, 0.1) is 0 Å². The van der Waals surface area contributed by atoms with Crippen LogP contribution in [0.25, 0.3) is 0 Å². The molecule has 66 valence electrons. The van der Waals surface area contributed by atoms with Crippen LogP contribution in [-0.2, 0) is 0 Å². The molecule has 0 aliphatic heterocycles. The van der Waals surface area contributed by atoms with Crippen LogP contribution in [-0.4, -0.2) is 27.7 Å². The van der Waals surface area contributed by atoms with Gasteiger partial charge in [-0.25, -0.2) is 9.97 Å². The fourth-order valence-electron chi connectivity index (χ4n) is 0.860. The summed E-state index contributed by atoms with van der Waals surface area (Å²) >= 11 is 0. The van der Waals surface area contributed by atoms with Crippen molar-refractivity contribution >= 4 is 5.95 Å². The van der Waals surface area contributed by atoms with Crippen molar-refractivity contribution in [2.75, 3.05) is 11.9 Å². The number of nitrogens with zero attached hydrogens (tertiary/aromatic N) is 2. The van der Waals surface area contributed by atoms with Crippen molar-refractivity contribution < 1.29 is 5.11 Å². The summed E-state index contributed by atoms with van der Waals surface area (Å²) in [6.07, 6.45) is 4.07. The average molecular weight is 167 g/mol. The van der Waals surface area contributed by atoms with Crippen molar-refractivity contribution in [1.29, 1.82) is 0 Å². The van der Waals surface area contributed by atoms with Crippen LogP contribution in [0.1, 0.15) is 13.3 Å². The third-order valence-electron chi connectivity index (χ3n) is 1.50. The third-order valence-corrected chi connectivity index (χ3v) is 1.50. The van der Waals surface area contributed by atoms with E-state index in [0.717, 1.165) is 0 Å². The van der Waals surface area contributed by atoms with Crippen LogP contribution in [0.4, 0.5) is 5.95 Å². The van der Waals surface area contributed by atoms with E-state index in [9.17, 15) is 0 Å². The number of hydrogen-bond acceptors (Lipinski definition) is 4. The highest BCUT2D eigenvalue weighted by molar-refractivity contribution is 5.23. The van der Waals surface area contributed by atoms with E-state index in [2.05, 4.69) is 15.3 Å². The standard InChI is InChI=1S/C8H13N3O/c1-7(3-6-12)11-8-9-4-2-5-10-8/h2,4-5,7,12H,3,6H2,1H3,(H,9,10,11)/t7-/m0/s1. The van der Waals surface area contributed by atoms with Gasteiger partial charge in [-0.2, -0.15) is 0 Å². The van der Waals surface area contributed by atoms with Crippen LogP contribution in [0.5, 0.6) is 0 Å². The van der Waals surface area contributed by atoms with E-state index >= 15 is 0 Å². The zero-order valence-electron chi connectivity index (χ0n) is 7.07. The Bertz CT molecular complexity index is 215. The minimum Gasteiger partial charge on any atom is -0.396 e. The summed E-state index contributed by atoms with van der Waals surface area (Å²) in [5.74, 6) is 0.610. The molecule has 4 heteroatoms. The first-order chi connectivity index (χ1) is 5.83. The highest BCUT2D eigenvalue weighted by atomic mass is 16.3. The van der Waals surface area contributed by atoms with E-state index in [1.165, 1.54) is 0 Å². The molecule has 12 heavy (non-hydrogen) atoms. The van der Waals surface area contributed by atoms with Gasteiger partial charge in [-0.05, 0) is 19.4 Å². The normalized spacial score (nSPS) is 12.5.